The first-order valence-corrected chi connectivity index (χ1v) is 10.2. The molecule has 2 atom stereocenters. The summed E-state index contributed by atoms with van der Waals surface area (Å²) in [5.74, 6) is 0.761. The minimum absolute atomic E-state index is 0.0894. The van der Waals surface area contributed by atoms with Crippen LogP contribution >= 0.6 is 0 Å². The normalized spacial score (nSPS) is 32.1. The molecule has 5 N–H and O–H groups in total. The number of carbonyl (C=O) groups excluding carboxylic acids is 2. The fraction of sp³-hybridized carbons (Fsp3) is 0.524. The molecule has 4 fully saturated rings. The number of pyridine rings is 1. The lowest BCUT2D eigenvalue weighted by Gasteiger charge is -2.60. The predicted molar refractivity (Wildman–Crippen MR) is 107 cm³/mol. The van der Waals surface area contributed by atoms with Gasteiger partial charge < -0.3 is 21.4 Å². The number of amides is 2. The van der Waals surface area contributed by atoms with Gasteiger partial charge in [0.25, 0.3) is 5.91 Å². The Bertz CT molecular complexity index is 1020. The van der Waals surface area contributed by atoms with E-state index in [1.54, 1.807) is 0 Å². The van der Waals surface area contributed by atoms with Crippen LogP contribution in [0.25, 0.3) is 11.0 Å². The van der Waals surface area contributed by atoms with E-state index in [-0.39, 0.29) is 23.9 Å². The van der Waals surface area contributed by atoms with E-state index in [1.165, 1.54) is 6.20 Å². The molecule has 29 heavy (non-hydrogen) atoms. The van der Waals surface area contributed by atoms with Crippen LogP contribution in [0.2, 0.25) is 0 Å². The van der Waals surface area contributed by atoms with E-state index >= 15 is 0 Å². The molecule has 8 nitrogen and oxygen atoms in total. The van der Waals surface area contributed by atoms with Gasteiger partial charge in [-0.05, 0) is 55.9 Å². The van der Waals surface area contributed by atoms with Crippen LogP contribution in [0, 0.1) is 29.1 Å². The summed E-state index contributed by atoms with van der Waals surface area (Å²) in [6.07, 6.45) is 8.31. The Morgan fingerprint density at radius 3 is 2.76 bits per heavy atom. The van der Waals surface area contributed by atoms with Crippen LogP contribution in [0.1, 0.15) is 48.9 Å². The van der Waals surface area contributed by atoms with Crippen LogP contribution in [0.3, 0.4) is 0 Å². The number of anilines is 1. The third-order valence-electron chi connectivity index (χ3n) is 7.08. The molecule has 4 aliphatic rings. The Morgan fingerprint density at radius 1 is 1.31 bits per heavy atom. The molecule has 2 aromatic rings. The highest BCUT2D eigenvalue weighted by Gasteiger charge is 2.56. The average Bonchev–Trinajstić information content (AvgIpc) is 3.12. The first kappa shape index (κ1) is 18.0. The van der Waals surface area contributed by atoms with Crippen LogP contribution in [0.15, 0.2) is 18.5 Å². The Labute approximate surface area is 168 Å². The number of nitriles is 1. The lowest BCUT2D eigenvalue weighted by molar-refractivity contribution is -0.126. The Kier molecular flexibility index (Phi) is 4.02. The molecular weight excluding hydrogens is 368 g/mol. The van der Waals surface area contributed by atoms with Gasteiger partial charge in [0.05, 0.1) is 17.3 Å². The van der Waals surface area contributed by atoms with Crippen molar-refractivity contribution in [1.29, 1.82) is 5.26 Å². The van der Waals surface area contributed by atoms with Gasteiger partial charge >= 0.3 is 0 Å². The molecule has 2 heterocycles. The minimum Gasteiger partial charge on any atom is -0.380 e. The zero-order valence-corrected chi connectivity index (χ0v) is 16.1. The molecule has 0 aromatic carbocycles. The van der Waals surface area contributed by atoms with Gasteiger partial charge in [0.2, 0.25) is 5.91 Å². The molecule has 2 amide bonds. The number of nitrogens with one attached hydrogen (secondary N) is 3. The number of nitrogens with two attached hydrogens (primary N) is 1. The van der Waals surface area contributed by atoms with Crippen molar-refractivity contribution in [3.05, 3.63) is 24.0 Å². The summed E-state index contributed by atoms with van der Waals surface area (Å²) >= 11 is 0. The molecule has 0 spiro atoms. The number of H-pyrrole nitrogens is 1. The van der Waals surface area contributed by atoms with Crippen LogP contribution < -0.4 is 16.4 Å². The Balaban J connectivity index is 1.44. The van der Waals surface area contributed by atoms with Crippen molar-refractivity contribution in [2.45, 2.75) is 50.1 Å². The third kappa shape index (κ3) is 2.92. The number of rotatable bonds is 5. The first-order valence-electron chi connectivity index (χ1n) is 10.2. The quantitative estimate of drug-likeness (QED) is 0.617. The van der Waals surface area contributed by atoms with E-state index in [1.807, 2.05) is 18.3 Å². The summed E-state index contributed by atoms with van der Waals surface area (Å²) in [6, 6.07) is 4.09. The molecule has 4 aliphatic carbocycles. The number of fused-ring (bicyclic) bond motifs is 1. The number of hydrogen-bond donors (Lipinski definition) is 4. The van der Waals surface area contributed by atoms with Crippen molar-refractivity contribution >= 4 is 28.5 Å². The number of primary amides is 1. The molecule has 150 valence electrons. The molecule has 2 aromatic heterocycles. The largest absolute Gasteiger partial charge is 0.380 e. The SMILES string of the molecule is N#CCC(=O)NC12CC3CC(C1)C(Nc1c(C(N)=O)cnc4[nH]ccc14)C(C3)C2. The Hall–Kier alpha value is -3.08. The summed E-state index contributed by atoms with van der Waals surface area (Å²) in [5.41, 5.74) is 7.32. The van der Waals surface area contributed by atoms with Gasteiger partial charge in [-0.1, -0.05) is 0 Å². The summed E-state index contributed by atoms with van der Waals surface area (Å²) in [7, 11) is 0. The number of hydrogen-bond acceptors (Lipinski definition) is 5. The van der Waals surface area contributed by atoms with Gasteiger partial charge in [-0.3, -0.25) is 9.59 Å². The second kappa shape index (κ2) is 6.48. The molecule has 0 radical (unpaired) electrons. The fourth-order valence-corrected chi connectivity index (χ4v) is 6.34. The van der Waals surface area contributed by atoms with Crippen LogP contribution in [0.5, 0.6) is 0 Å². The highest BCUT2D eigenvalue weighted by molar-refractivity contribution is 6.06. The predicted octanol–water partition coefficient (Wildman–Crippen LogP) is 2.05. The van der Waals surface area contributed by atoms with Crippen LogP contribution in [-0.4, -0.2) is 33.4 Å². The molecule has 0 aliphatic heterocycles. The molecular formula is C21H24N6O2. The molecule has 8 heteroatoms. The van der Waals surface area contributed by atoms with Crippen molar-refractivity contribution in [3.63, 3.8) is 0 Å². The lowest BCUT2D eigenvalue weighted by atomic mass is 9.51. The van der Waals surface area contributed by atoms with E-state index in [9.17, 15) is 9.59 Å². The van der Waals surface area contributed by atoms with E-state index in [4.69, 9.17) is 11.0 Å². The second-order valence-electron chi connectivity index (χ2n) is 8.95. The summed E-state index contributed by atoms with van der Waals surface area (Å²) in [6.45, 7) is 0. The molecule has 2 unspecified atom stereocenters. The topological polar surface area (TPSA) is 137 Å². The summed E-state index contributed by atoms with van der Waals surface area (Å²) in [4.78, 5) is 31.5. The smallest absolute Gasteiger partial charge is 0.252 e. The number of aromatic amines is 1. The fourth-order valence-electron chi connectivity index (χ4n) is 6.34. The maximum atomic E-state index is 12.1. The maximum absolute atomic E-state index is 12.1. The maximum Gasteiger partial charge on any atom is 0.252 e. The van der Waals surface area contributed by atoms with Gasteiger partial charge in [0, 0.05) is 29.4 Å². The monoisotopic (exact) mass is 392 g/mol. The zero-order valence-electron chi connectivity index (χ0n) is 16.1. The lowest BCUT2D eigenvalue weighted by Crippen LogP contribution is -2.65. The number of aromatic nitrogens is 2. The summed E-state index contributed by atoms with van der Waals surface area (Å²) in [5, 5.41) is 16.6. The highest BCUT2D eigenvalue weighted by Crippen LogP contribution is 2.56. The molecule has 4 bridgehead atoms. The van der Waals surface area contributed by atoms with Gasteiger partial charge in [-0.25, -0.2) is 4.98 Å². The van der Waals surface area contributed by atoms with Crippen LogP contribution in [-0.2, 0) is 4.79 Å². The van der Waals surface area contributed by atoms with Crippen molar-refractivity contribution < 1.29 is 9.59 Å². The standard InChI is InChI=1S/C21H24N6O2/c22-3-1-16(28)27-21-7-11-5-12(8-21)17(13(6-11)9-21)26-18-14-2-4-24-20(14)25-10-15(18)19(23)29/h2,4,10-13,17H,1,5-9H2,(H2,23,29)(H,27,28)(H2,24,25,26). The zero-order chi connectivity index (χ0) is 20.2. The van der Waals surface area contributed by atoms with Crippen molar-refractivity contribution in [1.82, 2.24) is 15.3 Å². The molecule has 4 saturated carbocycles. The van der Waals surface area contributed by atoms with E-state index < -0.39 is 5.91 Å². The van der Waals surface area contributed by atoms with Gasteiger partial charge in [0.1, 0.15) is 12.1 Å². The first-order chi connectivity index (χ1) is 14.0. The van der Waals surface area contributed by atoms with E-state index in [2.05, 4.69) is 20.6 Å². The van der Waals surface area contributed by atoms with E-state index in [0.717, 1.165) is 48.8 Å². The molecule has 0 saturated heterocycles. The van der Waals surface area contributed by atoms with Gasteiger partial charge in [0.15, 0.2) is 0 Å². The number of nitrogens with zero attached hydrogens (tertiary/aromatic N) is 2. The molecule has 6 rings (SSSR count). The third-order valence-corrected chi connectivity index (χ3v) is 7.08. The average molecular weight is 392 g/mol. The minimum atomic E-state index is -0.493. The summed E-state index contributed by atoms with van der Waals surface area (Å²) < 4.78 is 0. The van der Waals surface area contributed by atoms with Crippen molar-refractivity contribution in [2.24, 2.45) is 23.5 Å². The van der Waals surface area contributed by atoms with Crippen molar-refractivity contribution in [3.8, 4) is 6.07 Å². The Morgan fingerprint density at radius 2 is 2.07 bits per heavy atom. The number of carbonyl (C=O) groups is 2. The van der Waals surface area contributed by atoms with E-state index in [0.29, 0.717) is 23.3 Å². The van der Waals surface area contributed by atoms with Gasteiger partial charge in [-0.2, -0.15) is 5.26 Å². The van der Waals surface area contributed by atoms with Crippen LogP contribution in [0.4, 0.5) is 5.69 Å². The second-order valence-corrected chi connectivity index (χ2v) is 8.95. The van der Waals surface area contributed by atoms with Gasteiger partial charge in [-0.15, -0.1) is 0 Å². The van der Waals surface area contributed by atoms with Crippen molar-refractivity contribution in [2.75, 3.05) is 5.32 Å². The highest BCUT2D eigenvalue weighted by atomic mass is 16.2.